The van der Waals surface area contributed by atoms with E-state index in [0.717, 1.165) is 6.42 Å². The molecular weight excluding hydrogens is 279 g/mol. The van der Waals surface area contributed by atoms with Crippen molar-refractivity contribution in [2.45, 2.75) is 24.4 Å². The van der Waals surface area contributed by atoms with E-state index in [-0.39, 0.29) is 12.4 Å². The van der Waals surface area contributed by atoms with E-state index in [9.17, 15) is 0 Å². The van der Waals surface area contributed by atoms with Crippen LogP contribution in [0.4, 0.5) is 0 Å². The van der Waals surface area contributed by atoms with Gasteiger partial charge in [-0.15, -0.1) is 12.4 Å². The smallest absolute Gasteiger partial charge is 0.129 e. The Labute approximate surface area is 123 Å². The minimum Gasteiger partial charge on any atom is -0.302 e. The van der Waals surface area contributed by atoms with Crippen molar-refractivity contribution < 1.29 is 0 Å². The minimum absolute atomic E-state index is 0. The van der Waals surface area contributed by atoms with Gasteiger partial charge in [0, 0.05) is 24.2 Å². The first kappa shape index (κ1) is 12.9. The third-order valence-electron chi connectivity index (χ3n) is 4.16. The van der Waals surface area contributed by atoms with E-state index in [1.807, 2.05) is 12.3 Å². The second kappa shape index (κ2) is 4.78. The first-order chi connectivity index (χ1) is 8.83. The second-order valence-electron chi connectivity index (χ2n) is 5.08. The van der Waals surface area contributed by atoms with Crippen LogP contribution in [0.3, 0.4) is 0 Å². The molecule has 4 rings (SSSR count). The van der Waals surface area contributed by atoms with Gasteiger partial charge in [0.25, 0.3) is 0 Å². The van der Waals surface area contributed by atoms with E-state index in [1.165, 1.54) is 16.7 Å². The summed E-state index contributed by atoms with van der Waals surface area (Å²) in [7, 11) is 0. The van der Waals surface area contributed by atoms with Crippen molar-refractivity contribution in [2.24, 2.45) is 0 Å². The van der Waals surface area contributed by atoms with Gasteiger partial charge in [-0.2, -0.15) is 0 Å². The molecule has 0 radical (unpaired) electrons. The fraction of sp³-hybridized carbons (Fsp3) is 0.267. The summed E-state index contributed by atoms with van der Waals surface area (Å²) in [6.45, 7) is 0. The fourth-order valence-electron chi connectivity index (χ4n) is 3.36. The van der Waals surface area contributed by atoms with Crippen molar-refractivity contribution in [3.05, 3.63) is 64.4 Å². The number of fused-ring (bicyclic) bond motifs is 5. The Kier molecular flexibility index (Phi) is 3.25. The van der Waals surface area contributed by atoms with Crippen molar-refractivity contribution in [2.75, 3.05) is 0 Å². The number of pyridine rings is 1. The van der Waals surface area contributed by atoms with Crippen LogP contribution in [0, 0.1) is 0 Å². The Bertz CT molecular complexity index is 597. The van der Waals surface area contributed by atoms with E-state index in [4.69, 9.17) is 11.6 Å². The lowest BCUT2D eigenvalue weighted by Gasteiger charge is -2.22. The van der Waals surface area contributed by atoms with Gasteiger partial charge in [-0.25, -0.2) is 4.98 Å². The molecule has 1 aromatic carbocycles. The summed E-state index contributed by atoms with van der Waals surface area (Å²) in [5.74, 6) is 0.523. The summed E-state index contributed by atoms with van der Waals surface area (Å²) in [6.07, 6.45) is 3.07. The summed E-state index contributed by atoms with van der Waals surface area (Å²) >= 11 is 5.85. The molecule has 2 nitrogen and oxygen atoms in total. The molecule has 0 aliphatic carbocycles. The highest BCUT2D eigenvalue weighted by Gasteiger charge is 2.43. The SMILES string of the molecule is Cl.Clc1ccc([C@H]2C[C@H]3N[C@@H]2c2ccccc23)cn1. The fourth-order valence-corrected chi connectivity index (χ4v) is 3.47. The monoisotopic (exact) mass is 292 g/mol. The molecule has 0 unspecified atom stereocenters. The lowest BCUT2D eigenvalue weighted by atomic mass is 9.81. The zero-order valence-electron chi connectivity index (χ0n) is 10.2. The number of nitrogens with one attached hydrogen (secondary N) is 1. The van der Waals surface area contributed by atoms with Crippen molar-refractivity contribution in [3.8, 4) is 0 Å². The number of hydrogen-bond donors (Lipinski definition) is 1. The van der Waals surface area contributed by atoms with Gasteiger partial charge in [-0.3, -0.25) is 0 Å². The molecule has 2 aliphatic rings. The van der Waals surface area contributed by atoms with Crippen molar-refractivity contribution in [3.63, 3.8) is 0 Å². The summed E-state index contributed by atoms with van der Waals surface area (Å²) in [6, 6.07) is 13.7. The summed E-state index contributed by atoms with van der Waals surface area (Å²) in [5.41, 5.74) is 4.21. The van der Waals surface area contributed by atoms with Crippen LogP contribution in [-0.4, -0.2) is 4.98 Å². The maximum Gasteiger partial charge on any atom is 0.129 e. The summed E-state index contributed by atoms with van der Waals surface area (Å²) in [5, 5.41) is 4.26. The zero-order valence-corrected chi connectivity index (χ0v) is 11.8. The number of hydrogen-bond acceptors (Lipinski definition) is 2. The van der Waals surface area contributed by atoms with Crippen molar-refractivity contribution >= 4 is 24.0 Å². The van der Waals surface area contributed by atoms with Gasteiger partial charge >= 0.3 is 0 Å². The largest absolute Gasteiger partial charge is 0.302 e. The van der Waals surface area contributed by atoms with Crippen LogP contribution >= 0.6 is 24.0 Å². The van der Waals surface area contributed by atoms with Gasteiger partial charge in [0.05, 0.1) is 0 Å². The predicted octanol–water partition coefficient (Wildman–Crippen LogP) is 4.03. The highest BCUT2D eigenvalue weighted by atomic mass is 35.5. The van der Waals surface area contributed by atoms with Crippen LogP contribution in [0.25, 0.3) is 0 Å². The Morgan fingerprint density at radius 3 is 2.63 bits per heavy atom. The van der Waals surface area contributed by atoms with Gasteiger partial charge in [0.2, 0.25) is 0 Å². The Morgan fingerprint density at radius 1 is 1.11 bits per heavy atom. The number of nitrogens with zero attached hydrogens (tertiary/aromatic N) is 1. The van der Waals surface area contributed by atoms with E-state index < -0.39 is 0 Å². The molecule has 19 heavy (non-hydrogen) atoms. The Balaban J connectivity index is 0.00000110. The molecule has 2 aliphatic heterocycles. The maximum atomic E-state index is 5.85. The van der Waals surface area contributed by atoms with E-state index >= 15 is 0 Å². The number of aromatic nitrogens is 1. The van der Waals surface area contributed by atoms with E-state index in [1.54, 1.807) is 0 Å². The molecule has 1 fully saturated rings. The molecule has 3 atom stereocenters. The third kappa shape index (κ3) is 1.95. The number of rotatable bonds is 1. The summed E-state index contributed by atoms with van der Waals surface area (Å²) < 4.78 is 0. The molecule has 2 bridgehead atoms. The van der Waals surface area contributed by atoms with Crippen molar-refractivity contribution in [1.29, 1.82) is 0 Å². The highest BCUT2D eigenvalue weighted by molar-refractivity contribution is 6.29. The average molecular weight is 293 g/mol. The molecular formula is C15H14Cl2N2. The molecule has 0 spiro atoms. The summed E-state index contributed by atoms with van der Waals surface area (Å²) in [4.78, 5) is 4.20. The highest BCUT2D eigenvalue weighted by Crippen LogP contribution is 2.52. The second-order valence-corrected chi connectivity index (χ2v) is 5.47. The molecule has 98 valence electrons. The third-order valence-corrected chi connectivity index (χ3v) is 4.38. The zero-order chi connectivity index (χ0) is 12.1. The van der Waals surface area contributed by atoms with Crippen LogP contribution in [0.15, 0.2) is 42.6 Å². The molecule has 3 heterocycles. The van der Waals surface area contributed by atoms with Crippen LogP contribution in [-0.2, 0) is 0 Å². The maximum absolute atomic E-state index is 5.85. The van der Waals surface area contributed by atoms with Crippen molar-refractivity contribution in [1.82, 2.24) is 10.3 Å². The topological polar surface area (TPSA) is 24.9 Å². The lowest BCUT2D eigenvalue weighted by Crippen LogP contribution is -2.12. The van der Waals surface area contributed by atoms with Crippen LogP contribution in [0.2, 0.25) is 5.15 Å². The lowest BCUT2D eigenvalue weighted by molar-refractivity contribution is 0.586. The molecule has 1 saturated heterocycles. The number of benzene rings is 1. The Hall–Kier alpha value is -1.09. The van der Waals surface area contributed by atoms with E-state index in [2.05, 4.69) is 40.6 Å². The quantitative estimate of drug-likeness (QED) is 0.803. The van der Waals surface area contributed by atoms with Gasteiger partial charge < -0.3 is 5.32 Å². The molecule has 0 saturated carbocycles. The first-order valence-corrected chi connectivity index (χ1v) is 6.67. The van der Waals surface area contributed by atoms with E-state index in [0.29, 0.717) is 23.2 Å². The van der Waals surface area contributed by atoms with Gasteiger partial charge in [-0.05, 0) is 29.2 Å². The molecule has 0 amide bonds. The van der Waals surface area contributed by atoms with Gasteiger partial charge in [0.15, 0.2) is 0 Å². The molecule has 1 aromatic heterocycles. The average Bonchev–Trinajstić information content (AvgIpc) is 2.99. The van der Waals surface area contributed by atoms with Gasteiger partial charge in [-0.1, -0.05) is 41.9 Å². The predicted molar refractivity (Wildman–Crippen MR) is 78.9 cm³/mol. The molecule has 4 heteroatoms. The van der Waals surface area contributed by atoms with Crippen LogP contribution in [0.1, 0.15) is 41.1 Å². The standard InChI is InChI=1S/C15H13ClN2.ClH/c16-14-6-5-9(8-17-14)12-7-13-10-3-1-2-4-11(10)15(12)18-13;/h1-6,8,12-13,15,18H,7H2;1H/t12-,13-,15-;/m1./s1. The van der Waals surface area contributed by atoms with Crippen LogP contribution in [0.5, 0.6) is 0 Å². The normalized spacial score (nSPS) is 26.9. The molecule has 1 N–H and O–H groups in total. The first-order valence-electron chi connectivity index (χ1n) is 6.29. The van der Waals surface area contributed by atoms with Crippen LogP contribution < -0.4 is 5.32 Å². The Morgan fingerprint density at radius 2 is 1.89 bits per heavy atom. The minimum atomic E-state index is 0. The van der Waals surface area contributed by atoms with Gasteiger partial charge in [0.1, 0.15) is 5.15 Å². The molecule has 2 aromatic rings. The number of halogens is 2.